The zero-order chi connectivity index (χ0) is 14.7. The van der Waals surface area contributed by atoms with E-state index < -0.39 is 12.4 Å². The third-order valence-electron chi connectivity index (χ3n) is 3.65. The number of halogens is 1. The normalized spacial score (nSPS) is 34.8. The van der Waals surface area contributed by atoms with Crippen LogP contribution in [0.5, 0.6) is 0 Å². The third-order valence-corrected chi connectivity index (χ3v) is 3.65. The highest BCUT2D eigenvalue weighted by atomic mass is 19.1. The zero-order valence-electron chi connectivity index (χ0n) is 11.6. The largest absolute Gasteiger partial charge is 0.369 e. The van der Waals surface area contributed by atoms with E-state index in [-0.39, 0.29) is 12.0 Å². The molecule has 8 heteroatoms. The lowest BCUT2D eigenvalue weighted by Crippen LogP contribution is -2.44. The highest BCUT2D eigenvalue weighted by Crippen LogP contribution is 2.15. The van der Waals surface area contributed by atoms with Crippen molar-refractivity contribution in [2.24, 2.45) is 15.0 Å². The molecule has 7 nitrogen and oxygen atoms in total. The van der Waals surface area contributed by atoms with Gasteiger partial charge in [0, 0.05) is 38.8 Å². The second kappa shape index (κ2) is 6.31. The molecule has 1 fully saturated rings. The molecule has 0 aromatic carbocycles. The molecule has 1 saturated heterocycles. The molecule has 3 aliphatic rings. The van der Waals surface area contributed by atoms with E-state index in [1.165, 1.54) is 6.34 Å². The number of dihydropyridines is 1. The van der Waals surface area contributed by atoms with E-state index in [0.717, 1.165) is 31.9 Å². The zero-order valence-corrected chi connectivity index (χ0v) is 11.6. The molecule has 0 aromatic rings. The smallest absolute Gasteiger partial charge is 0.203 e. The summed E-state index contributed by atoms with van der Waals surface area (Å²) in [6.45, 7) is 3.88. The number of aliphatic hydroxyl groups excluding tert-OH is 1. The van der Waals surface area contributed by atoms with Crippen LogP contribution in [0.4, 0.5) is 4.39 Å². The SMILES string of the molecule is OC1N=CNC(=NC2CC=C(N3CCNCC3)C=N2)C1F. The minimum absolute atomic E-state index is 0.0821. The maximum atomic E-state index is 13.7. The molecule has 114 valence electrons. The third kappa shape index (κ3) is 3.27. The minimum Gasteiger partial charge on any atom is -0.369 e. The predicted octanol–water partition coefficient (Wildman–Crippen LogP) is -0.737. The van der Waals surface area contributed by atoms with Gasteiger partial charge in [-0.3, -0.25) is 4.99 Å². The average molecular weight is 294 g/mol. The molecule has 0 spiro atoms. The Bertz CT molecular complexity index is 497. The van der Waals surface area contributed by atoms with E-state index in [1.54, 1.807) is 6.21 Å². The molecule has 0 aliphatic carbocycles. The molecule has 3 atom stereocenters. The van der Waals surface area contributed by atoms with Crippen molar-refractivity contribution in [1.82, 2.24) is 15.5 Å². The van der Waals surface area contributed by atoms with Crippen LogP contribution in [0.1, 0.15) is 6.42 Å². The van der Waals surface area contributed by atoms with Crippen LogP contribution in [-0.2, 0) is 0 Å². The van der Waals surface area contributed by atoms with Crippen molar-refractivity contribution in [3.63, 3.8) is 0 Å². The van der Waals surface area contributed by atoms with Crippen LogP contribution in [0.15, 0.2) is 26.8 Å². The first kappa shape index (κ1) is 14.2. The van der Waals surface area contributed by atoms with Crippen molar-refractivity contribution >= 4 is 18.4 Å². The van der Waals surface area contributed by atoms with Crippen LogP contribution < -0.4 is 10.6 Å². The van der Waals surface area contributed by atoms with Gasteiger partial charge in [0.1, 0.15) is 12.0 Å². The Hall–Kier alpha value is -1.80. The maximum Gasteiger partial charge on any atom is 0.203 e. The van der Waals surface area contributed by atoms with Gasteiger partial charge in [-0.2, -0.15) is 0 Å². The second-order valence-corrected chi connectivity index (χ2v) is 5.11. The van der Waals surface area contributed by atoms with Gasteiger partial charge >= 0.3 is 0 Å². The Kier molecular flexibility index (Phi) is 4.26. The molecular weight excluding hydrogens is 275 g/mol. The standard InChI is InChI=1S/C13H19FN6O/c14-11-12(17-8-18-13(11)21)19-10-2-1-9(7-16-10)20-5-3-15-4-6-20/h1,7-8,10-11,13,15,21H,2-6H2,(H,17,18,19). The first-order chi connectivity index (χ1) is 10.2. The fourth-order valence-electron chi connectivity index (χ4n) is 2.47. The van der Waals surface area contributed by atoms with Crippen molar-refractivity contribution in [1.29, 1.82) is 0 Å². The molecule has 0 amide bonds. The number of hydrogen-bond donors (Lipinski definition) is 3. The van der Waals surface area contributed by atoms with Crippen molar-refractivity contribution in [3.05, 3.63) is 11.8 Å². The number of allylic oxidation sites excluding steroid dienone is 1. The summed E-state index contributed by atoms with van der Waals surface area (Å²) in [5, 5.41) is 15.3. The van der Waals surface area contributed by atoms with Gasteiger partial charge in [-0.05, 0) is 0 Å². The van der Waals surface area contributed by atoms with Gasteiger partial charge in [-0.25, -0.2) is 14.4 Å². The Morgan fingerprint density at radius 1 is 1.33 bits per heavy atom. The molecule has 0 bridgehead atoms. The summed E-state index contributed by atoms with van der Waals surface area (Å²) in [5.74, 6) is 0.0821. The summed E-state index contributed by atoms with van der Waals surface area (Å²) in [6, 6.07) is 0. The van der Waals surface area contributed by atoms with Gasteiger partial charge < -0.3 is 20.6 Å². The fraction of sp³-hybridized carbons (Fsp3) is 0.615. The second-order valence-electron chi connectivity index (χ2n) is 5.11. The number of rotatable bonds is 2. The highest BCUT2D eigenvalue weighted by Gasteiger charge is 2.27. The van der Waals surface area contributed by atoms with Gasteiger partial charge in [-0.15, -0.1) is 0 Å². The molecular formula is C13H19FN6O. The Morgan fingerprint density at radius 3 is 2.86 bits per heavy atom. The summed E-state index contributed by atoms with van der Waals surface area (Å²) in [7, 11) is 0. The predicted molar refractivity (Wildman–Crippen MR) is 79.4 cm³/mol. The molecule has 0 radical (unpaired) electrons. The number of piperazine rings is 1. The molecule has 0 aromatic heterocycles. The number of nitrogens with zero attached hydrogens (tertiary/aromatic N) is 4. The van der Waals surface area contributed by atoms with Gasteiger partial charge in [0.15, 0.2) is 6.23 Å². The summed E-state index contributed by atoms with van der Waals surface area (Å²) < 4.78 is 13.7. The Balaban J connectivity index is 1.62. The van der Waals surface area contributed by atoms with Crippen molar-refractivity contribution < 1.29 is 9.50 Å². The number of nitrogens with one attached hydrogen (secondary N) is 2. The van der Waals surface area contributed by atoms with E-state index >= 15 is 0 Å². The Morgan fingerprint density at radius 2 is 2.14 bits per heavy atom. The molecule has 3 heterocycles. The Labute approximate surface area is 122 Å². The molecule has 3 N–H and O–H groups in total. The summed E-state index contributed by atoms with van der Waals surface area (Å²) >= 11 is 0. The van der Waals surface area contributed by atoms with Crippen molar-refractivity contribution in [3.8, 4) is 0 Å². The summed E-state index contributed by atoms with van der Waals surface area (Å²) in [5.41, 5.74) is 1.10. The summed E-state index contributed by atoms with van der Waals surface area (Å²) in [6.07, 6.45) is 2.40. The maximum absolute atomic E-state index is 13.7. The van der Waals surface area contributed by atoms with Crippen LogP contribution in [0, 0.1) is 0 Å². The van der Waals surface area contributed by atoms with Crippen LogP contribution in [-0.4, -0.2) is 73.1 Å². The van der Waals surface area contributed by atoms with Gasteiger partial charge in [0.25, 0.3) is 0 Å². The quantitative estimate of drug-likeness (QED) is 0.626. The summed E-state index contributed by atoms with van der Waals surface area (Å²) in [4.78, 5) is 14.4. The van der Waals surface area contributed by atoms with Crippen molar-refractivity contribution in [2.75, 3.05) is 26.2 Å². The van der Waals surface area contributed by atoms with Crippen LogP contribution in [0.25, 0.3) is 0 Å². The lowest BCUT2D eigenvalue weighted by molar-refractivity contribution is 0.116. The number of aliphatic imine (C=N–C) groups is 3. The van der Waals surface area contributed by atoms with Gasteiger partial charge in [0.2, 0.25) is 6.17 Å². The number of amidine groups is 1. The van der Waals surface area contributed by atoms with Crippen molar-refractivity contribution in [2.45, 2.75) is 25.0 Å². The molecule has 3 aliphatic heterocycles. The molecule has 3 unspecified atom stereocenters. The fourth-order valence-corrected chi connectivity index (χ4v) is 2.47. The monoisotopic (exact) mass is 294 g/mol. The van der Waals surface area contributed by atoms with E-state index in [2.05, 4.69) is 36.6 Å². The highest BCUT2D eigenvalue weighted by molar-refractivity contribution is 5.97. The van der Waals surface area contributed by atoms with E-state index in [9.17, 15) is 9.50 Å². The van der Waals surface area contributed by atoms with E-state index in [0.29, 0.717) is 6.42 Å². The first-order valence-corrected chi connectivity index (χ1v) is 7.11. The average Bonchev–Trinajstić information content (AvgIpc) is 2.53. The lowest BCUT2D eigenvalue weighted by atomic mass is 10.2. The van der Waals surface area contributed by atoms with E-state index in [4.69, 9.17) is 0 Å². The lowest BCUT2D eigenvalue weighted by Gasteiger charge is -2.31. The van der Waals surface area contributed by atoms with Gasteiger partial charge in [0.05, 0.1) is 12.0 Å². The minimum atomic E-state index is -1.62. The molecule has 0 saturated carbocycles. The number of aliphatic hydroxyl groups is 1. The van der Waals surface area contributed by atoms with Crippen LogP contribution in [0.3, 0.4) is 0 Å². The molecule has 21 heavy (non-hydrogen) atoms. The first-order valence-electron chi connectivity index (χ1n) is 7.11. The van der Waals surface area contributed by atoms with Crippen LogP contribution in [0.2, 0.25) is 0 Å². The van der Waals surface area contributed by atoms with Gasteiger partial charge in [-0.1, -0.05) is 6.08 Å². The van der Waals surface area contributed by atoms with Crippen LogP contribution >= 0.6 is 0 Å². The van der Waals surface area contributed by atoms with E-state index in [1.807, 2.05) is 0 Å². The number of alkyl halides is 1. The molecule has 3 rings (SSSR count). The topological polar surface area (TPSA) is 84.6 Å². The number of hydrogen-bond acceptors (Lipinski definition) is 6.